The predicted octanol–water partition coefficient (Wildman–Crippen LogP) is 5.23. The average Bonchev–Trinajstić information content (AvgIpc) is 2.35. The number of halogens is 3. The monoisotopic (exact) mass is 330 g/mol. The zero-order chi connectivity index (χ0) is 14.7. The third-order valence-corrected chi connectivity index (χ3v) is 4.16. The molecule has 0 N–H and O–H groups in total. The molecule has 1 aromatic heterocycles. The lowest BCUT2D eigenvalue weighted by Crippen LogP contribution is -1.99. The fourth-order valence-corrected chi connectivity index (χ4v) is 2.89. The molecule has 0 bridgehead atoms. The Morgan fingerprint density at radius 3 is 2.40 bits per heavy atom. The summed E-state index contributed by atoms with van der Waals surface area (Å²) in [5.41, 5.74) is 1.04. The molecule has 106 valence electrons. The van der Waals surface area contributed by atoms with Crippen molar-refractivity contribution in [3.05, 3.63) is 46.2 Å². The highest BCUT2D eigenvalue weighted by Gasteiger charge is 2.14. The van der Waals surface area contributed by atoms with E-state index < -0.39 is 0 Å². The first-order valence-electron chi connectivity index (χ1n) is 6.07. The summed E-state index contributed by atoms with van der Waals surface area (Å²) in [6.07, 6.45) is 0. The SMILES string of the molecule is CC(C)SCc1nc(Cl)c(-c2cccc(F)c2)c(Cl)n1. The predicted molar refractivity (Wildman–Crippen MR) is 83.9 cm³/mol. The van der Waals surface area contributed by atoms with Crippen molar-refractivity contribution in [2.24, 2.45) is 0 Å². The van der Waals surface area contributed by atoms with Crippen LogP contribution in [0.5, 0.6) is 0 Å². The second-order valence-corrected chi connectivity index (χ2v) is 6.75. The molecule has 6 heteroatoms. The van der Waals surface area contributed by atoms with Gasteiger partial charge in [0.25, 0.3) is 0 Å². The normalized spacial score (nSPS) is 11.1. The van der Waals surface area contributed by atoms with Crippen molar-refractivity contribution in [2.45, 2.75) is 24.9 Å². The zero-order valence-corrected chi connectivity index (χ0v) is 13.4. The Labute approximate surface area is 131 Å². The molecule has 1 aromatic carbocycles. The van der Waals surface area contributed by atoms with E-state index in [9.17, 15) is 4.39 Å². The highest BCUT2D eigenvalue weighted by molar-refractivity contribution is 7.99. The number of aromatic nitrogens is 2. The van der Waals surface area contributed by atoms with E-state index in [-0.39, 0.29) is 16.1 Å². The molecule has 0 aliphatic rings. The van der Waals surface area contributed by atoms with E-state index in [1.807, 2.05) is 0 Å². The zero-order valence-electron chi connectivity index (χ0n) is 11.0. The topological polar surface area (TPSA) is 25.8 Å². The van der Waals surface area contributed by atoms with Gasteiger partial charge in [-0.05, 0) is 22.9 Å². The van der Waals surface area contributed by atoms with Crippen LogP contribution in [0.3, 0.4) is 0 Å². The van der Waals surface area contributed by atoms with E-state index in [0.717, 1.165) is 0 Å². The maximum atomic E-state index is 13.3. The van der Waals surface area contributed by atoms with E-state index in [2.05, 4.69) is 23.8 Å². The minimum Gasteiger partial charge on any atom is -0.220 e. The van der Waals surface area contributed by atoms with Crippen molar-refractivity contribution >= 4 is 35.0 Å². The largest absolute Gasteiger partial charge is 0.220 e. The van der Waals surface area contributed by atoms with Crippen LogP contribution in [0.15, 0.2) is 24.3 Å². The molecule has 0 unspecified atom stereocenters. The van der Waals surface area contributed by atoms with E-state index >= 15 is 0 Å². The van der Waals surface area contributed by atoms with Gasteiger partial charge in [-0.2, -0.15) is 11.8 Å². The second-order valence-electron chi connectivity index (χ2n) is 4.47. The average molecular weight is 331 g/mol. The second kappa shape index (κ2) is 6.74. The van der Waals surface area contributed by atoms with Crippen LogP contribution in [0.25, 0.3) is 11.1 Å². The Hall–Kier alpha value is -0.840. The molecule has 0 saturated carbocycles. The lowest BCUT2D eigenvalue weighted by atomic mass is 10.1. The van der Waals surface area contributed by atoms with Gasteiger partial charge in [-0.1, -0.05) is 49.2 Å². The first-order chi connectivity index (χ1) is 9.47. The highest BCUT2D eigenvalue weighted by atomic mass is 35.5. The fraction of sp³-hybridized carbons (Fsp3) is 0.286. The summed E-state index contributed by atoms with van der Waals surface area (Å²) in [4.78, 5) is 8.48. The van der Waals surface area contributed by atoms with Crippen LogP contribution in [-0.2, 0) is 5.75 Å². The summed E-state index contributed by atoms with van der Waals surface area (Å²) >= 11 is 14.0. The van der Waals surface area contributed by atoms with Gasteiger partial charge in [-0.3, -0.25) is 0 Å². The number of hydrogen-bond acceptors (Lipinski definition) is 3. The summed E-state index contributed by atoms with van der Waals surface area (Å²) in [5.74, 6) is 0.869. The van der Waals surface area contributed by atoms with Crippen LogP contribution in [0, 0.1) is 5.82 Å². The van der Waals surface area contributed by atoms with Gasteiger partial charge in [0, 0.05) is 0 Å². The third kappa shape index (κ3) is 3.84. The number of hydrogen-bond donors (Lipinski definition) is 0. The summed E-state index contributed by atoms with van der Waals surface area (Å²) in [6, 6.07) is 6.04. The minimum atomic E-state index is -0.353. The molecular weight excluding hydrogens is 318 g/mol. The number of benzene rings is 1. The van der Waals surface area contributed by atoms with Crippen molar-refractivity contribution in [2.75, 3.05) is 0 Å². The van der Waals surface area contributed by atoms with E-state index in [4.69, 9.17) is 23.2 Å². The molecule has 0 fully saturated rings. The van der Waals surface area contributed by atoms with Gasteiger partial charge in [0.15, 0.2) is 0 Å². The Bertz CT molecular complexity index is 597. The first-order valence-corrected chi connectivity index (χ1v) is 7.87. The van der Waals surface area contributed by atoms with E-state index in [0.29, 0.717) is 28.0 Å². The summed E-state index contributed by atoms with van der Waals surface area (Å²) in [6.45, 7) is 4.18. The van der Waals surface area contributed by atoms with Crippen molar-refractivity contribution in [1.29, 1.82) is 0 Å². The molecule has 0 spiro atoms. The van der Waals surface area contributed by atoms with Gasteiger partial charge < -0.3 is 0 Å². The van der Waals surface area contributed by atoms with Crippen molar-refractivity contribution < 1.29 is 4.39 Å². The fourth-order valence-electron chi connectivity index (χ4n) is 1.64. The molecule has 0 saturated heterocycles. The molecule has 2 nitrogen and oxygen atoms in total. The van der Waals surface area contributed by atoms with Gasteiger partial charge in [0.2, 0.25) is 0 Å². The smallest absolute Gasteiger partial charge is 0.142 e. The van der Waals surface area contributed by atoms with Gasteiger partial charge in [0.1, 0.15) is 21.9 Å². The molecule has 1 heterocycles. The van der Waals surface area contributed by atoms with Crippen LogP contribution in [0.1, 0.15) is 19.7 Å². The molecule has 0 amide bonds. The molecule has 2 rings (SSSR count). The lowest BCUT2D eigenvalue weighted by Gasteiger charge is -2.09. The third-order valence-electron chi connectivity index (χ3n) is 2.53. The standard InChI is InChI=1S/C14H13Cl2FN2S/c1-8(2)20-7-11-18-13(15)12(14(16)19-11)9-4-3-5-10(17)6-9/h3-6,8H,7H2,1-2H3. The summed E-state index contributed by atoms with van der Waals surface area (Å²) in [7, 11) is 0. The van der Waals surface area contributed by atoms with Crippen molar-refractivity contribution in [3.8, 4) is 11.1 Å². The number of rotatable bonds is 4. The maximum absolute atomic E-state index is 13.3. The van der Waals surface area contributed by atoms with Crippen LogP contribution in [0.2, 0.25) is 10.3 Å². The minimum absolute atomic E-state index is 0.245. The molecule has 0 aliphatic heterocycles. The van der Waals surface area contributed by atoms with Crippen molar-refractivity contribution in [3.63, 3.8) is 0 Å². The van der Waals surface area contributed by atoms with Crippen LogP contribution < -0.4 is 0 Å². The maximum Gasteiger partial charge on any atom is 0.142 e. The van der Waals surface area contributed by atoms with Crippen molar-refractivity contribution in [1.82, 2.24) is 9.97 Å². The molecule has 0 radical (unpaired) electrons. The van der Waals surface area contributed by atoms with Gasteiger partial charge in [-0.15, -0.1) is 0 Å². The van der Waals surface area contributed by atoms with E-state index in [1.165, 1.54) is 12.1 Å². The Kier molecular flexibility index (Phi) is 5.24. The highest BCUT2D eigenvalue weighted by Crippen LogP contribution is 2.33. The summed E-state index contributed by atoms with van der Waals surface area (Å²) in [5, 5.41) is 0.962. The summed E-state index contributed by atoms with van der Waals surface area (Å²) < 4.78 is 13.3. The Morgan fingerprint density at radius 2 is 1.85 bits per heavy atom. The Balaban J connectivity index is 2.36. The van der Waals surface area contributed by atoms with Crippen LogP contribution in [0.4, 0.5) is 4.39 Å². The number of thioether (sulfide) groups is 1. The lowest BCUT2D eigenvalue weighted by molar-refractivity contribution is 0.628. The number of nitrogens with zero attached hydrogens (tertiary/aromatic N) is 2. The van der Waals surface area contributed by atoms with Gasteiger partial charge in [-0.25, -0.2) is 14.4 Å². The molecule has 20 heavy (non-hydrogen) atoms. The first kappa shape index (κ1) is 15.5. The molecule has 2 aromatic rings. The van der Waals surface area contributed by atoms with Crippen LogP contribution in [-0.4, -0.2) is 15.2 Å². The molecular formula is C14H13Cl2FN2S. The van der Waals surface area contributed by atoms with E-state index in [1.54, 1.807) is 23.9 Å². The molecule has 0 atom stereocenters. The van der Waals surface area contributed by atoms with Gasteiger partial charge in [0.05, 0.1) is 11.3 Å². The van der Waals surface area contributed by atoms with Crippen LogP contribution >= 0.6 is 35.0 Å². The molecule has 0 aliphatic carbocycles. The van der Waals surface area contributed by atoms with Gasteiger partial charge >= 0.3 is 0 Å². The Morgan fingerprint density at radius 1 is 1.20 bits per heavy atom. The quantitative estimate of drug-likeness (QED) is 0.717.